The largest absolute Gasteiger partial charge is 0.293 e. The van der Waals surface area contributed by atoms with Crippen molar-refractivity contribution in [3.05, 3.63) is 22.7 Å². The molecule has 0 aromatic heterocycles. The van der Waals surface area contributed by atoms with Crippen LogP contribution >= 0.6 is 15.9 Å². The molecule has 0 heterocycles. The number of hydrogen-bond donors (Lipinski definition) is 0. The molecule has 2 heteroatoms. The fourth-order valence-corrected chi connectivity index (χ4v) is 3.44. The lowest BCUT2D eigenvalue weighted by Gasteiger charge is -2.17. The molecule has 0 aromatic carbocycles. The van der Waals surface area contributed by atoms with Gasteiger partial charge in [-0.25, -0.2) is 0 Å². The van der Waals surface area contributed by atoms with Crippen molar-refractivity contribution in [1.29, 1.82) is 0 Å². The number of halogens is 1. The van der Waals surface area contributed by atoms with Gasteiger partial charge >= 0.3 is 0 Å². The molecule has 0 aromatic rings. The number of hydrogen-bond acceptors (Lipinski definition) is 1. The topological polar surface area (TPSA) is 17.1 Å². The Labute approximate surface area is 79.7 Å². The number of ketones is 1. The third-order valence-electron chi connectivity index (χ3n) is 3.40. The molecule has 3 aliphatic carbocycles. The monoisotopic (exact) mass is 224 g/mol. The van der Waals surface area contributed by atoms with Gasteiger partial charge in [-0.1, -0.05) is 18.2 Å². The van der Waals surface area contributed by atoms with Crippen LogP contribution in [0.3, 0.4) is 0 Å². The second-order valence-electron chi connectivity index (χ2n) is 3.93. The summed E-state index contributed by atoms with van der Waals surface area (Å²) < 4.78 is 0.816. The molecule has 3 aliphatic rings. The van der Waals surface area contributed by atoms with Gasteiger partial charge in [0, 0.05) is 5.92 Å². The molecule has 0 aliphatic heterocycles. The zero-order valence-corrected chi connectivity index (χ0v) is 8.12. The summed E-state index contributed by atoms with van der Waals surface area (Å²) in [4.78, 5) is 11.6. The van der Waals surface area contributed by atoms with Crippen LogP contribution in [0.1, 0.15) is 6.42 Å². The highest BCUT2D eigenvalue weighted by atomic mass is 79.9. The minimum Gasteiger partial charge on any atom is -0.293 e. The maximum atomic E-state index is 11.6. The van der Waals surface area contributed by atoms with Crippen LogP contribution < -0.4 is 0 Å². The summed E-state index contributed by atoms with van der Waals surface area (Å²) in [6.45, 7) is 0. The molecule has 0 unspecified atom stereocenters. The van der Waals surface area contributed by atoms with Crippen LogP contribution in [-0.4, -0.2) is 5.78 Å². The molecule has 0 N–H and O–H groups in total. The first-order valence-corrected chi connectivity index (χ1v) is 5.16. The van der Waals surface area contributed by atoms with Gasteiger partial charge < -0.3 is 0 Å². The van der Waals surface area contributed by atoms with E-state index in [4.69, 9.17) is 0 Å². The van der Waals surface area contributed by atoms with Crippen LogP contribution in [0.2, 0.25) is 0 Å². The van der Waals surface area contributed by atoms with Gasteiger partial charge in [-0.2, -0.15) is 0 Å². The summed E-state index contributed by atoms with van der Waals surface area (Å²) in [5.41, 5.74) is 0. The standard InChI is InChI=1S/C10H9BrO/c11-8-4-7-5-1-2-6(3-5)9(7)10(8)12/h1-2,4-7,9H,3H2/t5-,6+,7+,9-/m0/s1. The number of carbonyl (C=O) groups excluding carboxylic acids is 1. The number of fused-ring (bicyclic) bond motifs is 5. The maximum absolute atomic E-state index is 11.6. The van der Waals surface area contributed by atoms with Gasteiger partial charge in [-0.3, -0.25) is 4.79 Å². The predicted octanol–water partition coefficient (Wildman–Crippen LogP) is 2.29. The molecule has 0 spiro atoms. The Kier molecular flexibility index (Phi) is 1.24. The summed E-state index contributed by atoms with van der Waals surface area (Å²) in [6, 6.07) is 0. The maximum Gasteiger partial charge on any atom is 0.173 e. The summed E-state index contributed by atoms with van der Waals surface area (Å²) in [5, 5.41) is 0. The van der Waals surface area contributed by atoms with Gasteiger partial charge in [0.05, 0.1) is 4.48 Å². The second kappa shape index (κ2) is 2.11. The normalized spacial score (nSPS) is 48.4. The molecule has 4 atom stereocenters. The molecule has 0 saturated heterocycles. The van der Waals surface area contributed by atoms with Gasteiger partial charge in [0.2, 0.25) is 0 Å². The molecule has 3 rings (SSSR count). The number of allylic oxidation sites excluding steroid dienone is 4. The van der Waals surface area contributed by atoms with Gasteiger partial charge in [0.1, 0.15) is 0 Å². The van der Waals surface area contributed by atoms with Crippen molar-refractivity contribution in [2.24, 2.45) is 23.7 Å². The fourth-order valence-electron chi connectivity index (χ4n) is 2.87. The molecule has 1 fully saturated rings. The molecule has 1 saturated carbocycles. The fraction of sp³-hybridized carbons (Fsp3) is 0.500. The van der Waals surface area contributed by atoms with Crippen LogP contribution in [0.25, 0.3) is 0 Å². The Morgan fingerprint density at radius 2 is 2.08 bits per heavy atom. The van der Waals surface area contributed by atoms with E-state index in [1.807, 2.05) is 0 Å². The summed E-state index contributed by atoms with van der Waals surface area (Å²) in [6.07, 6.45) is 7.82. The highest BCUT2D eigenvalue weighted by molar-refractivity contribution is 9.12. The lowest BCUT2D eigenvalue weighted by molar-refractivity contribution is -0.118. The van der Waals surface area contributed by atoms with Crippen molar-refractivity contribution in [3.8, 4) is 0 Å². The highest BCUT2D eigenvalue weighted by Crippen LogP contribution is 2.53. The molecule has 0 radical (unpaired) electrons. The first-order chi connectivity index (χ1) is 5.77. The van der Waals surface area contributed by atoms with E-state index < -0.39 is 0 Å². The van der Waals surface area contributed by atoms with Gasteiger partial charge in [0.15, 0.2) is 5.78 Å². The Balaban J connectivity index is 2.07. The van der Waals surface area contributed by atoms with Crippen LogP contribution in [0, 0.1) is 23.7 Å². The molecule has 0 amide bonds. The van der Waals surface area contributed by atoms with Gasteiger partial charge in [-0.15, -0.1) is 0 Å². The first-order valence-electron chi connectivity index (χ1n) is 4.37. The average Bonchev–Trinajstić information content (AvgIpc) is 2.66. The lowest BCUT2D eigenvalue weighted by atomic mass is 9.85. The summed E-state index contributed by atoms with van der Waals surface area (Å²) in [7, 11) is 0. The smallest absolute Gasteiger partial charge is 0.173 e. The van der Waals surface area contributed by atoms with Crippen LogP contribution in [-0.2, 0) is 4.79 Å². The van der Waals surface area contributed by atoms with E-state index in [0.29, 0.717) is 23.5 Å². The van der Waals surface area contributed by atoms with Crippen molar-refractivity contribution in [3.63, 3.8) is 0 Å². The number of rotatable bonds is 0. The van der Waals surface area contributed by atoms with E-state index in [1.165, 1.54) is 6.42 Å². The number of Topliss-reactive ketones (excluding diaryl/α,β-unsaturated/α-hetero) is 1. The van der Waals surface area contributed by atoms with E-state index in [1.54, 1.807) is 0 Å². The SMILES string of the molecule is O=C1C(Br)=C[C@H]2[C@@H]1[C@@H]1C=C[C@H]2C1. The van der Waals surface area contributed by atoms with Crippen LogP contribution in [0.15, 0.2) is 22.7 Å². The lowest BCUT2D eigenvalue weighted by Crippen LogP contribution is -2.20. The van der Waals surface area contributed by atoms with Crippen molar-refractivity contribution in [2.45, 2.75) is 6.42 Å². The Hall–Kier alpha value is -0.370. The number of carbonyl (C=O) groups is 1. The predicted molar refractivity (Wildman–Crippen MR) is 49.7 cm³/mol. The zero-order valence-electron chi connectivity index (χ0n) is 6.53. The molecule has 2 bridgehead atoms. The summed E-state index contributed by atoms with van der Waals surface area (Å²) >= 11 is 3.33. The molecule has 12 heavy (non-hydrogen) atoms. The van der Waals surface area contributed by atoms with Crippen molar-refractivity contribution >= 4 is 21.7 Å². The van der Waals surface area contributed by atoms with Crippen LogP contribution in [0.5, 0.6) is 0 Å². The quantitative estimate of drug-likeness (QED) is 0.578. The van der Waals surface area contributed by atoms with E-state index in [9.17, 15) is 4.79 Å². The van der Waals surface area contributed by atoms with E-state index in [2.05, 4.69) is 34.2 Å². The molecule has 62 valence electrons. The van der Waals surface area contributed by atoms with Gasteiger partial charge in [0.25, 0.3) is 0 Å². The molecular weight excluding hydrogens is 216 g/mol. The average molecular weight is 225 g/mol. The van der Waals surface area contributed by atoms with Crippen molar-refractivity contribution < 1.29 is 4.79 Å². The van der Waals surface area contributed by atoms with Crippen LogP contribution in [0.4, 0.5) is 0 Å². The minimum atomic E-state index is 0.286. The van der Waals surface area contributed by atoms with E-state index in [0.717, 1.165) is 4.48 Å². The summed E-state index contributed by atoms with van der Waals surface area (Å²) in [5.74, 6) is 2.32. The second-order valence-corrected chi connectivity index (χ2v) is 4.78. The highest BCUT2D eigenvalue weighted by Gasteiger charge is 2.50. The third-order valence-corrected chi connectivity index (χ3v) is 4.05. The van der Waals surface area contributed by atoms with E-state index in [-0.39, 0.29) is 5.92 Å². The zero-order chi connectivity index (χ0) is 8.29. The Bertz CT molecular complexity index is 316. The molecular formula is C10H9BrO. The van der Waals surface area contributed by atoms with Crippen molar-refractivity contribution in [1.82, 2.24) is 0 Å². The Morgan fingerprint density at radius 3 is 2.83 bits per heavy atom. The van der Waals surface area contributed by atoms with E-state index >= 15 is 0 Å². The minimum absolute atomic E-state index is 0.286. The third kappa shape index (κ3) is 0.674. The van der Waals surface area contributed by atoms with Gasteiger partial charge in [-0.05, 0) is 40.1 Å². The molecule has 1 nitrogen and oxygen atoms in total. The van der Waals surface area contributed by atoms with Crippen molar-refractivity contribution in [2.75, 3.05) is 0 Å². The first kappa shape index (κ1) is 7.07. The Morgan fingerprint density at radius 1 is 1.33 bits per heavy atom.